The van der Waals surface area contributed by atoms with Gasteiger partial charge in [0, 0.05) is 31.2 Å². The van der Waals surface area contributed by atoms with Crippen molar-refractivity contribution in [2.75, 3.05) is 11.9 Å². The number of alkyl halides is 3. The maximum Gasteiger partial charge on any atom is 0.416 e. The lowest BCUT2D eigenvalue weighted by atomic mass is 10.2. The molecule has 9 heteroatoms. The van der Waals surface area contributed by atoms with Crippen LogP contribution in [0.15, 0.2) is 42.6 Å². The molecule has 0 bridgehead atoms. The van der Waals surface area contributed by atoms with Crippen molar-refractivity contribution in [1.82, 2.24) is 9.88 Å². The van der Waals surface area contributed by atoms with Crippen molar-refractivity contribution in [2.24, 2.45) is 7.05 Å². The second kappa shape index (κ2) is 8.05. The van der Waals surface area contributed by atoms with Gasteiger partial charge in [0.05, 0.1) is 11.7 Å². The summed E-state index contributed by atoms with van der Waals surface area (Å²) in [4.78, 5) is 23.5. The van der Waals surface area contributed by atoms with Crippen LogP contribution in [0, 0.1) is 0 Å². The van der Waals surface area contributed by atoms with E-state index in [1.165, 1.54) is 6.07 Å². The summed E-state index contributed by atoms with van der Waals surface area (Å²) in [6.07, 6.45) is -3.42. The van der Waals surface area contributed by atoms with Crippen LogP contribution in [-0.2, 0) is 22.8 Å². The average Bonchev–Trinajstić information content (AvgIpc) is 3.00. The number of halogens is 3. The second-order valence-electron chi connectivity index (χ2n) is 5.64. The first kappa shape index (κ1) is 19.5. The molecule has 1 heterocycles. The third kappa shape index (κ3) is 5.09. The number of carbonyl (C=O) groups is 2. The summed E-state index contributed by atoms with van der Waals surface area (Å²) in [5, 5.41) is 14.4. The topological polar surface area (TPSA) is 83.4 Å². The third-order valence-electron chi connectivity index (χ3n) is 3.68. The molecule has 2 rings (SSSR count). The number of nitrogens with one attached hydrogen (secondary N) is 2. The van der Waals surface area contributed by atoms with Crippen molar-refractivity contribution in [3.8, 4) is 0 Å². The minimum absolute atomic E-state index is 0.0290. The monoisotopic (exact) mass is 369 g/mol. The fourth-order valence-corrected chi connectivity index (χ4v) is 2.33. The smallest absolute Gasteiger partial charge is 0.387 e. The van der Waals surface area contributed by atoms with Gasteiger partial charge in [0.25, 0.3) is 0 Å². The Bertz CT molecular complexity index is 787. The Morgan fingerprint density at radius 1 is 1.19 bits per heavy atom. The van der Waals surface area contributed by atoms with Gasteiger partial charge in [-0.05, 0) is 36.8 Å². The van der Waals surface area contributed by atoms with Crippen LogP contribution >= 0.6 is 0 Å². The Morgan fingerprint density at radius 3 is 2.54 bits per heavy atom. The van der Waals surface area contributed by atoms with E-state index in [1.54, 1.807) is 29.9 Å². The van der Waals surface area contributed by atoms with Gasteiger partial charge < -0.3 is 20.3 Å². The molecule has 26 heavy (non-hydrogen) atoms. The van der Waals surface area contributed by atoms with Crippen LogP contribution < -0.4 is 10.6 Å². The minimum Gasteiger partial charge on any atom is -0.387 e. The number of amides is 2. The predicted octanol–water partition coefficient (Wildman–Crippen LogP) is 2.22. The van der Waals surface area contributed by atoms with Gasteiger partial charge in [-0.25, -0.2) is 0 Å². The maximum atomic E-state index is 12.6. The zero-order chi connectivity index (χ0) is 19.3. The molecule has 0 spiro atoms. The molecule has 1 atom stereocenters. The zero-order valence-electron chi connectivity index (χ0n) is 13.9. The van der Waals surface area contributed by atoms with Gasteiger partial charge in [0.15, 0.2) is 0 Å². The standard InChI is InChI=1S/C17H18F3N3O3/c1-23-9-3-6-13(23)14(24)7-8-21-15(25)16(26)22-12-5-2-4-11(10-12)17(18,19)20/h2-6,9-10,14,24H,7-8H2,1H3,(H,21,25)(H,22,26). The van der Waals surface area contributed by atoms with Gasteiger partial charge in [0.1, 0.15) is 0 Å². The van der Waals surface area contributed by atoms with Crippen molar-refractivity contribution in [3.05, 3.63) is 53.9 Å². The molecule has 0 radical (unpaired) electrons. The molecular formula is C17H18F3N3O3. The Hall–Kier alpha value is -2.81. The van der Waals surface area contributed by atoms with Crippen LogP contribution in [0.2, 0.25) is 0 Å². The fourth-order valence-electron chi connectivity index (χ4n) is 2.33. The van der Waals surface area contributed by atoms with Crippen molar-refractivity contribution in [3.63, 3.8) is 0 Å². The summed E-state index contributed by atoms with van der Waals surface area (Å²) in [6, 6.07) is 7.48. The van der Waals surface area contributed by atoms with E-state index in [0.717, 1.165) is 18.2 Å². The lowest BCUT2D eigenvalue weighted by Crippen LogP contribution is -2.36. The normalized spacial score (nSPS) is 12.5. The lowest BCUT2D eigenvalue weighted by molar-refractivity contribution is -0.137. The number of anilines is 1. The molecular weight excluding hydrogens is 351 g/mol. The highest BCUT2D eigenvalue weighted by atomic mass is 19.4. The number of hydrogen-bond acceptors (Lipinski definition) is 3. The number of aromatic nitrogens is 1. The molecule has 0 saturated heterocycles. The third-order valence-corrected chi connectivity index (χ3v) is 3.68. The number of aliphatic hydroxyl groups is 1. The molecule has 0 aliphatic heterocycles. The van der Waals surface area contributed by atoms with Gasteiger partial charge in [-0.2, -0.15) is 13.2 Å². The van der Waals surface area contributed by atoms with Gasteiger partial charge in [-0.1, -0.05) is 6.07 Å². The Balaban J connectivity index is 1.84. The Morgan fingerprint density at radius 2 is 1.92 bits per heavy atom. The molecule has 0 aliphatic carbocycles. The number of hydrogen-bond donors (Lipinski definition) is 3. The molecule has 0 aliphatic rings. The van der Waals surface area contributed by atoms with E-state index in [1.807, 2.05) is 0 Å². The first-order chi connectivity index (χ1) is 12.2. The number of benzene rings is 1. The predicted molar refractivity (Wildman–Crippen MR) is 88.1 cm³/mol. The Kier molecular flexibility index (Phi) is 6.04. The van der Waals surface area contributed by atoms with Crippen LogP contribution in [-0.4, -0.2) is 28.0 Å². The molecule has 3 N–H and O–H groups in total. The van der Waals surface area contributed by atoms with Gasteiger partial charge in [-0.15, -0.1) is 0 Å². The van der Waals surface area contributed by atoms with Crippen LogP contribution in [0.4, 0.5) is 18.9 Å². The molecule has 0 fully saturated rings. The highest BCUT2D eigenvalue weighted by Crippen LogP contribution is 2.30. The summed E-state index contributed by atoms with van der Waals surface area (Å²) in [5.41, 5.74) is -0.405. The van der Waals surface area contributed by atoms with Gasteiger partial charge in [-0.3, -0.25) is 9.59 Å². The quantitative estimate of drug-likeness (QED) is 0.707. The lowest BCUT2D eigenvalue weighted by Gasteiger charge is -2.13. The van der Waals surface area contributed by atoms with E-state index < -0.39 is 29.7 Å². The van der Waals surface area contributed by atoms with E-state index in [0.29, 0.717) is 5.69 Å². The van der Waals surface area contributed by atoms with Crippen molar-refractivity contribution < 1.29 is 27.9 Å². The number of rotatable bonds is 5. The van der Waals surface area contributed by atoms with Crippen molar-refractivity contribution >= 4 is 17.5 Å². The molecule has 1 aromatic heterocycles. The highest BCUT2D eigenvalue weighted by Gasteiger charge is 2.30. The molecule has 1 unspecified atom stereocenters. The number of nitrogens with zero attached hydrogens (tertiary/aromatic N) is 1. The van der Waals surface area contributed by atoms with Gasteiger partial charge >= 0.3 is 18.0 Å². The maximum absolute atomic E-state index is 12.6. The van der Waals surface area contributed by atoms with E-state index in [9.17, 15) is 27.9 Å². The van der Waals surface area contributed by atoms with Crippen LogP contribution in [0.3, 0.4) is 0 Å². The Labute approximate surface area is 147 Å². The second-order valence-corrected chi connectivity index (χ2v) is 5.64. The van der Waals surface area contributed by atoms with E-state index in [4.69, 9.17) is 0 Å². The van der Waals surface area contributed by atoms with E-state index in [2.05, 4.69) is 10.6 Å². The van der Waals surface area contributed by atoms with Gasteiger partial charge in [0.2, 0.25) is 0 Å². The number of carbonyl (C=O) groups excluding carboxylic acids is 2. The summed E-state index contributed by atoms with van der Waals surface area (Å²) in [7, 11) is 1.76. The fraction of sp³-hybridized carbons (Fsp3) is 0.294. The molecule has 2 amide bonds. The molecule has 1 aromatic carbocycles. The van der Waals surface area contributed by atoms with Crippen LogP contribution in [0.1, 0.15) is 23.8 Å². The van der Waals surface area contributed by atoms with Crippen LogP contribution in [0.5, 0.6) is 0 Å². The van der Waals surface area contributed by atoms with Crippen molar-refractivity contribution in [1.29, 1.82) is 0 Å². The summed E-state index contributed by atoms with van der Waals surface area (Å²) < 4.78 is 39.6. The molecule has 2 aromatic rings. The average molecular weight is 369 g/mol. The van der Waals surface area contributed by atoms with E-state index >= 15 is 0 Å². The summed E-state index contributed by atoms with van der Waals surface area (Å²) in [6.45, 7) is 0.0290. The number of aliphatic hydroxyl groups excluding tert-OH is 1. The molecule has 140 valence electrons. The molecule has 6 nitrogen and oxygen atoms in total. The highest BCUT2D eigenvalue weighted by molar-refractivity contribution is 6.39. The first-order valence-electron chi connectivity index (χ1n) is 7.74. The van der Waals surface area contributed by atoms with Crippen molar-refractivity contribution in [2.45, 2.75) is 18.7 Å². The minimum atomic E-state index is -4.55. The SMILES string of the molecule is Cn1cccc1C(O)CCNC(=O)C(=O)Nc1cccc(C(F)(F)F)c1. The van der Waals surface area contributed by atoms with Crippen LogP contribution in [0.25, 0.3) is 0 Å². The first-order valence-corrected chi connectivity index (χ1v) is 7.74. The summed E-state index contributed by atoms with van der Waals surface area (Å²) in [5.74, 6) is -2.08. The largest absolute Gasteiger partial charge is 0.416 e. The summed E-state index contributed by atoms with van der Waals surface area (Å²) >= 11 is 0. The van der Waals surface area contributed by atoms with E-state index in [-0.39, 0.29) is 18.7 Å². The zero-order valence-corrected chi connectivity index (χ0v) is 13.9. The number of aryl methyl sites for hydroxylation is 1. The molecule has 0 saturated carbocycles.